The van der Waals surface area contributed by atoms with Crippen molar-refractivity contribution in [3.63, 3.8) is 0 Å². The number of benzene rings is 8. The summed E-state index contributed by atoms with van der Waals surface area (Å²) in [6.45, 7) is 0. The molecule has 0 aliphatic heterocycles. The molecule has 0 aliphatic rings. The van der Waals surface area contributed by atoms with E-state index in [0.29, 0.717) is 17.5 Å². The first-order chi connectivity index (χ1) is 25.2. The third-order valence-electron chi connectivity index (χ3n) is 9.71. The van der Waals surface area contributed by atoms with Crippen molar-refractivity contribution in [3.8, 4) is 56.4 Å². The Balaban J connectivity index is 1.07. The average molecular weight is 652 g/mol. The van der Waals surface area contributed by atoms with Gasteiger partial charge in [-0.2, -0.15) is 0 Å². The minimum Gasteiger partial charge on any atom is -0.456 e. The molecule has 0 unspecified atom stereocenters. The Morgan fingerprint density at radius 3 is 1.55 bits per heavy atom. The molecule has 2 heterocycles. The summed E-state index contributed by atoms with van der Waals surface area (Å²) in [5.74, 6) is 1.83. The molecular formula is C47H29N3O. The largest absolute Gasteiger partial charge is 0.456 e. The molecule has 0 amide bonds. The van der Waals surface area contributed by atoms with Gasteiger partial charge in [0.2, 0.25) is 0 Å². The molecule has 0 fully saturated rings. The van der Waals surface area contributed by atoms with E-state index in [1.165, 1.54) is 27.1 Å². The summed E-state index contributed by atoms with van der Waals surface area (Å²) in [6.07, 6.45) is 0. The van der Waals surface area contributed by atoms with Gasteiger partial charge in [-0.25, -0.2) is 15.0 Å². The lowest BCUT2D eigenvalue weighted by atomic mass is 9.97. The molecule has 8 aromatic carbocycles. The highest BCUT2D eigenvalue weighted by Gasteiger charge is 2.17. The van der Waals surface area contributed by atoms with Gasteiger partial charge in [-0.1, -0.05) is 146 Å². The smallest absolute Gasteiger partial charge is 0.164 e. The zero-order valence-electron chi connectivity index (χ0n) is 27.5. The lowest BCUT2D eigenvalue weighted by molar-refractivity contribution is 0.669. The van der Waals surface area contributed by atoms with E-state index >= 15 is 0 Å². The number of rotatable bonds is 5. The third kappa shape index (κ3) is 5.22. The second kappa shape index (κ2) is 11.9. The molecule has 238 valence electrons. The van der Waals surface area contributed by atoms with E-state index in [1.807, 2.05) is 36.4 Å². The van der Waals surface area contributed by atoms with Crippen LogP contribution in [0.4, 0.5) is 0 Å². The van der Waals surface area contributed by atoms with Crippen molar-refractivity contribution in [2.24, 2.45) is 0 Å². The van der Waals surface area contributed by atoms with Crippen molar-refractivity contribution in [2.75, 3.05) is 0 Å². The minimum atomic E-state index is 0.592. The summed E-state index contributed by atoms with van der Waals surface area (Å²) >= 11 is 0. The van der Waals surface area contributed by atoms with Crippen LogP contribution in [0.15, 0.2) is 180 Å². The van der Waals surface area contributed by atoms with Gasteiger partial charge in [0.25, 0.3) is 0 Å². The summed E-state index contributed by atoms with van der Waals surface area (Å²) < 4.78 is 6.50. The lowest BCUT2D eigenvalue weighted by Gasteiger charge is -2.09. The Morgan fingerprint density at radius 2 is 0.843 bits per heavy atom. The molecule has 10 aromatic rings. The van der Waals surface area contributed by atoms with Crippen LogP contribution in [0.2, 0.25) is 0 Å². The maximum absolute atomic E-state index is 6.50. The molecule has 0 N–H and O–H groups in total. The van der Waals surface area contributed by atoms with Crippen LogP contribution >= 0.6 is 0 Å². The van der Waals surface area contributed by atoms with E-state index < -0.39 is 0 Å². The van der Waals surface area contributed by atoms with Crippen LogP contribution in [0.25, 0.3) is 99.9 Å². The Kier molecular flexibility index (Phi) is 6.78. The fourth-order valence-electron chi connectivity index (χ4n) is 7.09. The van der Waals surface area contributed by atoms with Crippen molar-refractivity contribution >= 4 is 43.5 Å². The van der Waals surface area contributed by atoms with Gasteiger partial charge in [0, 0.05) is 27.5 Å². The average Bonchev–Trinajstić information content (AvgIpc) is 3.59. The van der Waals surface area contributed by atoms with Crippen molar-refractivity contribution < 1.29 is 4.42 Å². The third-order valence-corrected chi connectivity index (χ3v) is 9.71. The fourth-order valence-corrected chi connectivity index (χ4v) is 7.09. The maximum Gasteiger partial charge on any atom is 0.164 e. The van der Waals surface area contributed by atoms with Gasteiger partial charge in [-0.15, -0.1) is 0 Å². The SMILES string of the molecule is c1ccc(-c2nc(-c3ccc(-c4ccc5ccccc5c4)cc3)nc(-c3ccc4c(c3)oc3cccc(-c5ccc6ccccc6c5)c34)n2)cc1. The molecule has 0 saturated carbocycles. The van der Waals surface area contributed by atoms with E-state index in [4.69, 9.17) is 19.4 Å². The summed E-state index contributed by atoms with van der Waals surface area (Å²) in [6, 6.07) is 61.2. The molecule has 10 rings (SSSR count). The summed E-state index contributed by atoms with van der Waals surface area (Å²) in [5, 5.41) is 7.05. The standard InChI is InChI=1S/C47H29N3O/c1-2-11-33(12-3-1)45-48-46(34-21-17-32(18-22-34)37-23-19-30-9-4-6-13-35(30)27-37)50-47(49-45)39-25-26-41-43(29-39)51-42-16-8-15-40(44(41)42)38-24-20-31-10-5-7-14-36(31)28-38/h1-29H. The highest BCUT2D eigenvalue weighted by molar-refractivity contribution is 6.13. The number of furan rings is 1. The second-order valence-corrected chi connectivity index (χ2v) is 12.9. The van der Waals surface area contributed by atoms with Gasteiger partial charge < -0.3 is 4.42 Å². The van der Waals surface area contributed by atoms with E-state index in [-0.39, 0.29) is 0 Å². The van der Waals surface area contributed by atoms with Crippen LogP contribution in [0, 0.1) is 0 Å². The summed E-state index contributed by atoms with van der Waals surface area (Å²) in [4.78, 5) is 15.0. The van der Waals surface area contributed by atoms with Crippen LogP contribution < -0.4 is 0 Å². The molecule has 2 aromatic heterocycles. The van der Waals surface area contributed by atoms with Crippen LogP contribution in [-0.2, 0) is 0 Å². The van der Waals surface area contributed by atoms with E-state index in [9.17, 15) is 0 Å². The molecule has 51 heavy (non-hydrogen) atoms. The molecule has 4 nitrogen and oxygen atoms in total. The molecule has 0 aliphatic carbocycles. The Labute approximate surface area is 294 Å². The topological polar surface area (TPSA) is 51.8 Å². The normalized spacial score (nSPS) is 11.5. The second-order valence-electron chi connectivity index (χ2n) is 12.9. The van der Waals surface area contributed by atoms with Crippen molar-refractivity contribution in [2.45, 2.75) is 0 Å². The minimum absolute atomic E-state index is 0.592. The molecule has 0 atom stereocenters. The van der Waals surface area contributed by atoms with Gasteiger partial charge in [-0.05, 0) is 74.1 Å². The predicted octanol–water partition coefficient (Wildman–Crippen LogP) is 12.4. The van der Waals surface area contributed by atoms with E-state index in [2.05, 4.69) is 140 Å². The van der Waals surface area contributed by atoms with Crippen molar-refractivity contribution in [1.82, 2.24) is 15.0 Å². The van der Waals surface area contributed by atoms with Crippen LogP contribution in [0.3, 0.4) is 0 Å². The van der Waals surface area contributed by atoms with Crippen molar-refractivity contribution in [1.29, 1.82) is 0 Å². The van der Waals surface area contributed by atoms with Gasteiger partial charge in [-0.3, -0.25) is 0 Å². The molecule has 0 bridgehead atoms. The highest BCUT2D eigenvalue weighted by Crippen LogP contribution is 2.39. The molecule has 0 spiro atoms. The van der Waals surface area contributed by atoms with Gasteiger partial charge in [0.1, 0.15) is 11.2 Å². The number of nitrogens with zero attached hydrogens (tertiary/aromatic N) is 3. The number of hydrogen-bond donors (Lipinski definition) is 0. The lowest BCUT2D eigenvalue weighted by Crippen LogP contribution is -2.00. The summed E-state index contributed by atoms with van der Waals surface area (Å²) in [7, 11) is 0. The van der Waals surface area contributed by atoms with Crippen molar-refractivity contribution in [3.05, 3.63) is 176 Å². The zero-order chi connectivity index (χ0) is 33.7. The number of aromatic nitrogens is 3. The quantitative estimate of drug-likeness (QED) is 0.186. The summed E-state index contributed by atoms with van der Waals surface area (Å²) in [5.41, 5.74) is 8.97. The van der Waals surface area contributed by atoms with E-state index in [0.717, 1.165) is 55.3 Å². The van der Waals surface area contributed by atoms with E-state index in [1.54, 1.807) is 0 Å². The molecular weight excluding hydrogens is 623 g/mol. The molecule has 0 radical (unpaired) electrons. The molecule has 4 heteroatoms. The van der Waals surface area contributed by atoms with Crippen LogP contribution in [0.5, 0.6) is 0 Å². The monoisotopic (exact) mass is 651 g/mol. The first kappa shape index (κ1) is 29.0. The van der Waals surface area contributed by atoms with Gasteiger partial charge in [0.15, 0.2) is 17.5 Å². The van der Waals surface area contributed by atoms with Crippen LogP contribution in [-0.4, -0.2) is 15.0 Å². The molecule has 0 saturated heterocycles. The zero-order valence-corrected chi connectivity index (χ0v) is 27.5. The highest BCUT2D eigenvalue weighted by atomic mass is 16.3. The fraction of sp³-hybridized carbons (Fsp3) is 0. The Morgan fingerprint density at radius 1 is 0.314 bits per heavy atom. The maximum atomic E-state index is 6.50. The predicted molar refractivity (Wildman–Crippen MR) is 209 cm³/mol. The first-order valence-electron chi connectivity index (χ1n) is 17.1. The Hall–Kier alpha value is -6.91. The first-order valence-corrected chi connectivity index (χ1v) is 17.1. The van der Waals surface area contributed by atoms with Gasteiger partial charge in [0.05, 0.1) is 0 Å². The number of hydrogen-bond acceptors (Lipinski definition) is 4. The van der Waals surface area contributed by atoms with Gasteiger partial charge >= 0.3 is 0 Å². The number of fused-ring (bicyclic) bond motifs is 5. The van der Waals surface area contributed by atoms with Crippen LogP contribution in [0.1, 0.15) is 0 Å². The Bertz CT molecular complexity index is 2910.